The van der Waals surface area contributed by atoms with Crippen molar-refractivity contribution in [1.82, 2.24) is 0 Å². The van der Waals surface area contributed by atoms with Crippen LogP contribution in [-0.4, -0.2) is 0 Å². The van der Waals surface area contributed by atoms with Gasteiger partial charge in [0.25, 0.3) is 0 Å². The minimum absolute atomic E-state index is 0.860. The van der Waals surface area contributed by atoms with E-state index in [1.165, 1.54) is 73.3 Å². The first-order valence-corrected chi connectivity index (χ1v) is 10.3. The lowest BCUT2D eigenvalue weighted by atomic mass is 9.79. The highest BCUT2D eigenvalue weighted by molar-refractivity contribution is 14.1. The van der Waals surface area contributed by atoms with Crippen LogP contribution in [0.4, 0.5) is 0 Å². The molecule has 22 heavy (non-hydrogen) atoms. The van der Waals surface area contributed by atoms with E-state index in [-0.39, 0.29) is 0 Å². The molecule has 1 heteroatoms. The van der Waals surface area contributed by atoms with E-state index in [1.54, 1.807) is 0 Å². The van der Waals surface area contributed by atoms with E-state index in [4.69, 9.17) is 0 Å². The standard InChI is InChI=1S/C21H31I/c1-2-3-4-7-18-10-12-19(13-11-18)8-5-6-9-20-14-16-21(22)17-15-20/h5,8,14-19H,2-4,6-7,9-13H2,1H3/t18-,19-. The summed E-state index contributed by atoms with van der Waals surface area (Å²) >= 11 is 2.37. The highest BCUT2D eigenvalue weighted by Crippen LogP contribution is 2.32. The summed E-state index contributed by atoms with van der Waals surface area (Å²) in [6.45, 7) is 2.30. The zero-order chi connectivity index (χ0) is 15.6. The summed E-state index contributed by atoms with van der Waals surface area (Å²) in [4.78, 5) is 0. The molecule has 0 aromatic heterocycles. The molecule has 0 bridgehead atoms. The molecule has 1 aliphatic rings. The first-order valence-electron chi connectivity index (χ1n) is 9.19. The van der Waals surface area contributed by atoms with E-state index in [1.807, 2.05) is 0 Å². The fourth-order valence-electron chi connectivity index (χ4n) is 3.54. The molecule has 0 atom stereocenters. The van der Waals surface area contributed by atoms with Gasteiger partial charge in [0, 0.05) is 3.57 Å². The third-order valence-electron chi connectivity index (χ3n) is 5.03. The first-order chi connectivity index (χ1) is 10.8. The number of unbranched alkanes of at least 4 members (excludes halogenated alkanes) is 2. The van der Waals surface area contributed by atoms with Gasteiger partial charge in [0.2, 0.25) is 0 Å². The third kappa shape index (κ3) is 6.85. The molecule has 0 unspecified atom stereocenters. The van der Waals surface area contributed by atoms with Crippen molar-refractivity contribution in [3.05, 3.63) is 45.6 Å². The molecule has 0 heterocycles. The lowest BCUT2D eigenvalue weighted by Crippen LogP contribution is -2.13. The number of allylic oxidation sites excluding steroid dienone is 2. The van der Waals surface area contributed by atoms with Crippen LogP contribution in [0.25, 0.3) is 0 Å². The number of aryl methyl sites for hydroxylation is 1. The average molecular weight is 410 g/mol. The molecule has 0 nitrogen and oxygen atoms in total. The Balaban J connectivity index is 1.60. The Morgan fingerprint density at radius 3 is 2.45 bits per heavy atom. The maximum absolute atomic E-state index is 2.51. The predicted molar refractivity (Wildman–Crippen MR) is 106 cm³/mol. The first kappa shape index (κ1) is 18.0. The van der Waals surface area contributed by atoms with Crippen molar-refractivity contribution in [2.24, 2.45) is 11.8 Å². The summed E-state index contributed by atoms with van der Waals surface area (Å²) in [5, 5.41) is 0. The van der Waals surface area contributed by atoms with Gasteiger partial charge in [0.1, 0.15) is 0 Å². The van der Waals surface area contributed by atoms with Crippen LogP contribution >= 0.6 is 22.6 Å². The molecule has 122 valence electrons. The smallest absolute Gasteiger partial charge is 0.0130 e. The molecule has 1 aromatic rings. The Kier molecular flexibility index (Phi) is 8.58. The predicted octanol–water partition coefficient (Wildman–Crippen LogP) is 7.17. The molecular weight excluding hydrogens is 379 g/mol. The molecule has 1 aromatic carbocycles. The van der Waals surface area contributed by atoms with Crippen LogP contribution in [0.3, 0.4) is 0 Å². The molecule has 1 aliphatic carbocycles. The normalized spacial score (nSPS) is 22.3. The van der Waals surface area contributed by atoms with Crippen LogP contribution in [0.2, 0.25) is 0 Å². The Morgan fingerprint density at radius 1 is 1.05 bits per heavy atom. The molecule has 0 spiro atoms. The maximum atomic E-state index is 2.51. The molecule has 0 radical (unpaired) electrons. The van der Waals surface area contributed by atoms with Gasteiger partial charge in [-0.15, -0.1) is 0 Å². The van der Waals surface area contributed by atoms with Gasteiger partial charge in [-0.05, 0) is 90.6 Å². The van der Waals surface area contributed by atoms with E-state index < -0.39 is 0 Å². The largest absolute Gasteiger partial charge is 0.0879 e. The van der Waals surface area contributed by atoms with E-state index in [2.05, 4.69) is 65.9 Å². The molecular formula is C21H31I. The lowest BCUT2D eigenvalue weighted by Gasteiger charge is -2.26. The Bertz CT molecular complexity index is 424. The molecule has 0 saturated heterocycles. The molecule has 1 fully saturated rings. The van der Waals surface area contributed by atoms with Crippen LogP contribution in [0.1, 0.15) is 70.3 Å². The summed E-state index contributed by atoms with van der Waals surface area (Å²) < 4.78 is 1.33. The minimum atomic E-state index is 0.860. The lowest BCUT2D eigenvalue weighted by molar-refractivity contribution is 0.289. The van der Waals surface area contributed by atoms with Gasteiger partial charge >= 0.3 is 0 Å². The van der Waals surface area contributed by atoms with Crippen molar-refractivity contribution in [2.45, 2.75) is 71.1 Å². The van der Waals surface area contributed by atoms with Crippen molar-refractivity contribution in [2.75, 3.05) is 0 Å². The second-order valence-electron chi connectivity index (χ2n) is 6.87. The zero-order valence-electron chi connectivity index (χ0n) is 14.1. The average Bonchev–Trinajstić information content (AvgIpc) is 2.55. The summed E-state index contributed by atoms with van der Waals surface area (Å²) in [7, 11) is 0. The quantitative estimate of drug-likeness (QED) is 0.242. The van der Waals surface area contributed by atoms with E-state index in [9.17, 15) is 0 Å². The highest BCUT2D eigenvalue weighted by Gasteiger charge is 2.18. The number of halogens is 1. The second kappa shape index (κ2) is 10.5. The summed E-state index contributed by atoms with van der Waals surface area (Å²) in [6.07, 6.45) is 18.8. The number of rotatable bonds is 8. The minimum Gasteiger partial charge on any atom is -0.0879 e. The van der Waals surface area contributed by atoms with E-state index >= 15 is 0 Å². The van der Waals surface area contributed by atoms with E-state index in [0.717, 1.165) is 11.8 Å². The van der Waals surface area contributed by atoms with Crippen LogP contribution in [0, 0.1) is 15.4 Å². The summed E-state index contributed by atoms with van der Waals surface area (Å²) in [6, 6.07) is 8.94. The Hall–Kier alpha value is -0.310. The maximum Gasteiger partial charge on any atom is 0.0130 e. The fraction of sp³-hybridized carbons (Fsp3) is 0.619. The molecule has 0 amide bonds. The van der Waals surface area contributed by atoms with Crippen molar-refractivity contribution in [1.29, 1.82) is 0 Å². The van der Waals surface area contributed by atoms with Gasteiger partial charge < -0.3 is 0 Å². The highest BCUT2D eigenvalue weighted by atomic mass is 127. The summed E-state index contributed by atoms with van der Waals surface area (Å²) in [5.74, 6) is 1.89. The van der Waals surface area contributed by atoms with Crippen molar-refractivity contribution < 1.29 is 0 Å². The van der Waals surface area contributed by atoms with Crippen LogP contribution in [-0.2, 0) is 6.42 Å². The van der Waals surface area contributed by atoms with Gasteiger partial charge in [-0.3, -0.25) is 0 Å². The van der Waals surface area contributed by atoms with Crippen LogP contribution < -0.4 is 0 Å². The molecule has 0 N–H and O–H groups in total. The Labute approximate surface area is 150 Å². The van der Waals surface area contributed by atoms with Gasteiger partial charge in [-0.2, -0.15) is 0 Å². The monoisotopic (exact) mass is 410 g/mol. The fourth-order valence-corrected chi connectivity index (χ4v) is 3.90. The number of hydrogen-bond donors (Lipinski definition) is 0. The van der Waals surface area contributed by atoms with Gasteiger partial charge in [-0.25, -0.2) is 0 Å². The van der Waals surface area contributed by atoms with Crippen LogP contribution in [0.5, 0.6) is 0 Å². The zero-order valence-corrected chi connectivity index (χ0v) is 16.2. The molecule has 0 aliphatic heterocycles. The van der Waals surface area contributed by atoms with Crippen molar-refractivity contribution in [3.63, 3.8) is 0 Å². The number of hydrogen-bond acceptors (Lipinski definition) is 0. The van der Waals surface area contributed by atoms with Gasteiger partial charge in [-0.1, -0.05) is 56.9 Å². The third-order valence-corrected chi connectivity index (χ3v) is 5.75. The second-order valence-corrected chi connectivity index (χ2v) is 8.12. The number of benzene rings is 1. The molecule has 1 saturated carbocycles. The van der Waals surface area contributed by atoms with Crippen LogP contribution in [0.15, 0.2) is 36.4 Å². The van der Waals surface area contributed by atoms with E-state index in [0.29, 0.717) is 0 Å². The Morgan fingerprint density at radius 2 is 1.77 bits per heavy atom. The SMILES string of the molecule is CCCCC[C@H]1CC[C@H](C=CCCc2ccc(I)cc2)CC1. The summed E-state index contributed by atoms with van der Waals surface area (Å²) in [5.41, 5.74) is 1.46. The van der Waals surface area contributed by atoms with Gasteiger partial charge in [0.05, 0.1) is 0 Å². The van der Waals surface area contributed by atoms with Crippen molar-refractivity contribution >= 4 is 22.6 Å². The van der Waals surface area contributed by atoms with Gasteiger partial charge in [0.15, 0.2) is 0 Å². The molecule has 2 rings (SSSR count). The topological polar surface area (TPSA) is 0 Å². The van der Waals surface area contributed by atoms with Crippen molar-refractivity contribution in [3.8, 4) is 0 Å².